The SMILES string of the molecule is CCN(c1cc(-c2cscn2)cc(C(=O)NCc2c(C)cc(C)[nH]c2=O)c1C)[C@H]1CC[C@H](N(C)C)CC1. The molecule has 1 aromatic carbocycles. The zero-order valence-corrected chi connectivity index (χ0v) is 23.7. The molecule has 37 heavy (non-hydrogen) atoms. The van der Waals surface area contributed by atoms with E-state index in [-0.39, 0.29) is 18.0 Å². The van der Waals surface area contributed by atoms with E-state index in [0.717, 1.165) is 53.2 Å². The van der Waals surface area contributed by atoms with E-state index < -0.39 is 0 Å². The van der Waals surface area contributed by atoms with Crippen LogP contribution in [0.5, 0.6) is 0 Å². The maximum absolute atomic E-state index is 13.5. The molecule has 0 spiro atoms. The number of rotatable bonds is 8. The van der Waals surface area contributed by atoms with Crippen molar-refractivity contribution in [2.45, 2.75) is 72.0 Å². The number of aromatic nitrogens is 2. The van der Waals surface area contributed by atoms with Crippen molar-refractivity contribution < 1.29 is 4.79 Å². The molecule has 3 aromatic rings. The molecule has 2 N–H and O–H groups in total. The van der Waals surface area contributed by atoms with Gasteiger partial charge in [0.05, 0.1) is 11.2 Å². The molecule has 0 unspecified atom stereocenters. The van der Waals surface area contributed by atoms with Gasteiger partial charge < -0.3 is 20.1 Å². The zero-order valence-electron chi connectivity index (χ0n) is 22.9. The van der Waals surface area contributed by atoms with Crippen LogP contribution in [-0.4, -0.2) is 53.5 Å². The van der Waals surface area contributed by atoms with Crippen LogP contribution < -0.4 is 15.8 Å². The fourth-order valence-corrected chi connectivity index (χ4v) is 6.17. The Labute approximate surface area is 223 Å². The molecule has 1 saturated carbocycles. The highest BCUT2D eigenvalue weighted by Gasteiger charge is 2.28. The molecular weight excluding hydrogens is 482 g/mol. The van der Waals surface area contributed by atoms with Crippen LogP contribution in [-0.2, 0) is 6.54 Å². The average molecular weight is 522 g/mol. The van der Waals surface area contributed by atoms with Crippen LogP contribution in [0.4, 0.5) is 5.69 Å². The minimum absolute atomic E-state index is 0.156. The van der Waals surface area contributed by atoms with E-state index in [4.69, 9.17) is 0 Å². The summed E-state index contributed by atoms with van der Waals surface area (Å²) in [6.07, 6.45) is 4.62. The number of thiazole rings is 1. The number of hydrogen-bond acceptors (Lipinski definition) is 6. The predicted octanol–water partition coefficient (Wildman–Crippen LogP) is 5.05. The van der Waals surface area contributed by atoms with E-state index in [9.17, 15) is 9.59 Å². The molecule has 0 bridgehead atoms. The summed E-state index contributed by atoms with van der Waals surface area (Å²) < 4.78 is 0. The maximum atomic E-state index is 13.5. The summed E-state index contributed by atoms with van der Waals surface area (Å²) >= 11 is 1.55. The number of benzene rings is 1. The van der Waals surface area contributed by atoms with Crippen LogP contribution in [0.25, 0.3) is 11.3 Å². The molecule has 4 rings (SSSR count). The first-order valence-corrected chi connectivity index (χ1v) is 14.1. The van der Waals surface area contributed by atoms with Crippen LogP contribution in [0.2, 0.25) is 0 Å². The molecule has 1 aliphatic rings. The van der Waals surface area contributed by atoms with Gasteiger partial charge in [0.15, 0.2) is 0 Å². The van der Waals surface area contributed by atoms with Gasteiger partial charge in [0.2, 0.25) is 0 Å². The van der Waals surface area contributed by atoms with Gasteiger partial charge in [-0.3, -0.25) is 9.59 Å². The molecular formula is C29H39N5O2S. The first kappa shape index (κ1) is 27.1. The summed E-state index contributed by atoms with van der Waals surface area (Å²) in [5.41, 5.74) is 8.43. The molecule has 1 aliphatic carbocycles. The predicted molar refractivity (Wildman–Crippen MR) is 153 cm³/mol. The van der Waals surface area contributed by atoms with Gasteiger partial charge in [-0.05, 0) is 96.8 Å². The van der Waals surface area contributed by atoms with E-state index in [1.807, 2.05) is 43.8 Å². The van der Waals surface area contributed by atoms with Gasteiger partial charge >= 0.3 is 0 Å². The number of nitrogens with zero attached hydrogens (tertiary/aromatic N) is 3. The van der Waals surface area contributed by atoms with Crippen molar-refractivity contribution in [2.75, 3.05) is 25.5 Å². The second-order valence-electron chi connectivity index (χ2n) is 10.4. The molecule has 2 aromatic heterocycles. The number of hydrogen-bond donors (Lipinski definition) is 2. The lowest BCUT2D eigenvalue weighted by atomic mass is 9.88. The largest absolute Gasteiger partial charge is 0.369 e. The molecule has 2 heterocycles. The number of carbonyl (C=O) groups excluding carboxylic acids is 1. The highest BCUT2D eigenvalue weighted by Crippen LogP contribution is 2.35. The van der Waals surface area contributed by atoms with Crippen LogP contribution in [0.1, 0.15) is 65.3 Å². The lowest BCUT2D eigenvalue weighted by molar-refractivity contribution is 0.0950. The maximum Gasteiger partial charge on any atom is 0.253 e. The van der Waals surface area contributed by atoms with Crippen molar-refractivity contribution in [1.29, 1.82) is 0 Å². The molecule has 0 atom stereocenters. The van der Waals surface area contributed by atoms with Gasteiger partial charge in [0.25, 0.3) is 11.5 Å². The number of aromatic amines is 1. The lowest BCUT2D eigenvalue weighted by Crippen LogP contribution is -2.42. The number of carbonyl (C=O) groups is 1. The Morgan fingerprint density at radius 2 is 1.81 bits per heavy atom. The smallest absolute Gasteiger partial charge is 0.253 e. The second-order valence-corrected chi connectivity index (χ2v) is 11.1. The Balaban J connectivity index is 1.66. The van der Waals surface area contributed by atoms with Crippen LogP contribution in [0.3, 0.4) is 0 Å². The number of anilines is 1. The highest BCUT2D eigenvalue weighted by atomic mass is 32.1. The Morgan fingerprint density at radius 1 is 1.11 bits per heavy atom. The molecule has 1 fully saturated rings. The van der Waals surface area contributed by atoms with Crippen molar-refractivity contribution in [2.24, 2.45) is 0 Å². The average Bonchev–Trinajstić information content (AvgIpc) is 3.40. The molecule has 0 radical (unpaired) electrons. The topological polar surface area (TPSA) is 81.3 Å². The number of pyridine rings is 1. The highest BCUT2D eigenvalue weighted by molar-refractivity contribution is 7.07. The first-order chi connectivity index (χ1) is 17.7. The molecule has 7 nitrogen and oxygen atoms in total. The number of nitrogens with one attached hydrogen (secondary N) is 2. The van der Waals surface area contributed by atoms with Crippen molar-refractivity contribution in [1.82, 2.24) is 20.2 Å². The molecule has 8 heteroatoms. The summed E-state index contributed by atoms with van der Waals surface area (Å²) in [5.74, 6) is -0.178. The molecule has 0 aliphatic heterocycles. The Kier molecular flexibility index (Phi) is 8.49. The van der Waals surface area contributed by atoms with E-state index in [2.05, 4.69) is 52.2 Å². The first-order valence-electron chi connectivity index (χ1n) is 13.1. The monoisotopic (exact) mass is 521 g/mol. The molecule has 198 valence electrons. The number of amides is 1. The van der Waals surface area contributed by atoms with Crippen LogP contribution >= 0.6 is 11.3 Å². The van der Waals surface area contributed by atoms with Gasteiger partial charge in [-0.25, -0.2) is 4.98 Å². The number of H-pyrrole nitrogens is 1. The fourth-order valence-electron chi connectivity index (χ4n) is 5.61. The van der Waals surface area contributed by atoms with Crippen molar-refractivity contribution in [3.8, 4) is 11.3 Å². The third kappa shape index (κ3) is 5.96. The molecule has 0 saturated heterocycles. The summed E-state index contributed by atoms with van der Waals surface area (Å²) in [5, 5.41) is 5.03. The standard InChI is InChI=1S/C29H39N5O2S/c1-7-34(23-10-8-22(9-11-23)33(5)6)27-14-21(26-16-37-17-31-26)13-24(20(27)4)28(35)30-15-25-18(2)12-19(3)32-29(25)36/h12-14,16-17,22-23H,7-11,15H2,1-6H3,(H,30,35)(H,32,36)/t22-,23-. The fraction of sp³-hybridized carbons (Fsp3) is 0.483. The van der Waals surface area contributed by atoms with Gasteiger partial charge in [-0.15, -0.1) is 11.3 Å². The minimum Gasteiger partial charge on any atom is -0.369 e. The third-order valence-corrected chi connectivity index (χ3v) is 8.35. The molecule has 1 amide bonds. The summed E-state index contributed by atoms with van der Waals surface area (Å²) in [6, 6.07) is 7.13. The third-order valence-electron chi connectivity index (χ3n) is 7.76. The Hall–Kier alpha value is -2.97. The van der Waals surface area contributed by atoms with Crippen LogP contribution in [0, 0.1) is 20.8 Å². The van der Waals surface area contributed by atoms with Gasteiger partial charge in [-0.1, -0.05) is 0 Å². The van der Waals surface area contributed by atoms with Crippen LogP contribution in [0.15, 0.2) is 33.9 Å². The van der Waals surface area contributed by atoms with Crippen molar-refractivity contribution in [3.63, 3.8) is 0 Å². The van der Waals surface area contributed by atoms with E-state index in [1.54, 1.807) is 11.3 Å². The van der Waals surface area contributed by atoms with E-state index in [0.29, 0.717) is 23.2 Å². The lowest BCUT2D eigenvalue weighted by Gasteiger charge is -2.40. The summed E-state index contributed by atoms with van der Waals surface area (Å²) in [4.78, 5) is 38.2. The minimum atomic E-state index is -0.178. The zero-order chi connectivity index (χ0) is 26.7. The van der Waals surface area contributed by atoms with Crippen molar-refractivity contribution in [3.05, 3.63) is 67.4 Å². The Bertz CT molecular complexity index is 1290. The van der Waals surface area contributed by atoms with E-state index >= 15 is 0 Å². The quantitative estimate of drug-likeness (QED) is 0.433. The normalized spacial score (nSPS) is 17.7. The second kappa shape index (κ2) is 11.6. The van der Waals surface area contributed by atoms with E-state index in [1.165, 1.54) is 12.8 Å². The van der Waals surface area contributed by atoms with Gasteiger partial charge in [-0.2, -0.15) is 0 Å². The van der Waals surface area contributed by atoms with Gasteiger partial charge in [0, 0.05) is 58.6 Å². The van der Waals surface area contributed by atoms with Crippen molar-refractivity contribution >= 4 is 22.9 Å². The Morgan fingerprint density at radius 3 is 2.41 bits per heavy atom. The van der Waals surface area contributed by atoms with Gasteiger partial charge in [0.1, 0.15) is 0 Å². The summed E-state index contributed by atoms with van der Waals surface area (Å²) in [6.45, 7) is 9.05. The number of aryl methyl sites for hydroxylation is 2. The summed E-state index contributed by atoms with van der Waals surface area (Å²) in [7, 11) is 4.34.